The molecule has 0 bridgehead atoms. The normalized spacial score (nSPS) is 10.2. The SMILES string of the molecule is CCOC(=O)c1nnc(Nc2ccc(Oc3ccccn3)cc2)[nH]c1=O. The van der Waals surface area contributed by atoms with Gasteiger partial charge in [0.05, 0.1) is 6.61 Å². The van der Waals surface area contributed by atoms with E-state index in [0.29, 0.717) is 17.3 Å². The Bertz CT molecular complexity index is 941. The number of nitrogens with zero attached hydrogens (tertiary/aromatic N) is 3. The Labute approximate surface area is 148 Å². The van der Waals surface area contributed by atoms with Crippen LogP contribution in [0.25, 0.3) is 0 Å². The van der Waals surface area contributed by atoms with Crippen molar-refractivity contribution >= 4 is 17.6 Å². The number of carbonyl (C=O) groups is 1. The molecule has 0 amide bonds. The molecule has 2 aromatic heterocycles. The van der Waals surface area contributed by atoms with E-state index < -0.39 is 17.2 Å². The van der Waals surface area contributed by atoms with E-state index in [2.05, 4.69) is 25.5 Å². The minimum absolute atomic E-state index is 0.0986. The van der Waals surface area contributed by atoms with Gasteiger partial charge in [-0.15, -0.1) is 10.2 Å². The lowest BCUT2D eigenvalue weighted by Crippen LogP contribution is -2.24. The molecule has 132 valence electrons. The molecule has 0 radical (unpaired) electrons. The minimum Gasteiger partial charge on any atom is -0.461 e. The van der Waals surface area contributed by atoms with E-state index in [1.165, 1.54) is 0 Å². The summed E-state index contributed by atoms with van der Waals surface area (Å²) in [7, 11) is 0. The molecule has 0 saturated heterocycles. The van der Waals surface area contributed by atoms with Crippen molar-refractivity contribution in [2.45, 2.75) is 6.92 Å². The van der Waals surface area contributed by atoms with Gasteiger partial charge in [0.1, 0.15) is 5.75 Å². The predicted molar refractivity (Wildman–Crippen MR) is 92.6 cm³/mol. The van der Waals surface area contributed by atoms with Crippen LogP contribution in [0, 0.1) is 0 Å². The number of aromatic amines is 1. The molecule has 3 aromatic rings. The average Bonchev–Trinajstić information content (AvgIpc) is 2.64. The second kappa shape index (κ2) is 7.88. The molecular formula is C17H15N5O4. The molecule has 2 N–H and O–H groups in total. The van der Waals surface area contributed by atoms with Crippen molar-refractivity contribution in [3.8, 4) is 11.6 Å². The number of carbonyl (C=O) groups excluding carboxylic acids is 1. The van der Waals surface area contributed by atoms with Crippen LogP contribution in [-0.4, -0.2) is 32.7 Å². The van der Waals surface area contributed by atoms with Crippen LogP contribution in [0.15, 0.2) is 53.5 Å². The quantitative estimate of drug-likeness (QED) is 0.648. The number of nitrogens with one attached hydrogen (secondary N) is 2. The van der Waals surface area contributed by atoms with Crippen LogP contribution >= 0.6 is 0 Å². The molecule has 26 heavy (non-hydrogen) atoms. The van der Waals surface area contributed by atoms with E-state index in [4.69, 9.17) is 9.47 Å². The van der Waals surface area contributed by atoms with Crippen molar-refractivity contribution in [1.29, 1.82) is 0 Å². The minimum atomic E-state index is -0.816. The number of rotatable bonds is 6. The van der Waals surface area contributed by atoms with Crippen LogP contribution in [0.1, 0.15) is 17.4 Å². The summed E-state index contributed by atoms with van der Waals surface area (Å²) in [4.78, 5) is 29.9. The number of H-pyrrole nitrogens is 1. The molecule has 0 aliphatic heterocycles. The van der Waals surface area contributed by atoms with Crippen LogP contribution in [0.5, 0.6) is 11.6 Å². The van der Waals surface area contributed by atoms with Crippen LogP contribution in [0.4, 0.5) is 11.6 Å². The first-order chi connectivity index (χ1) is 12.7. The molecule has 1 aromatic carbocycles. The van der Waals surface area contributed by atoms with Gasteiger partial charge in [0, 0.05) is 18.0 Å². The lowest BCUT2D eigenvalue weighted by Gasteiger charge is -2.07. The number of pyridine rings is 1. The van der Waals surface area contributed by atoms with Crippen molar-refractivity contribution in [2.24, 2.45) is 0 Å². The van der Waals surface area contributed by atoms with Gasteiger partial charge in [-0.3, -0.25) is 9.78 Å². The second-order valence-corrected chi connectivity index (χ2v) is 4.99. The largest absolute Gasteiger partial charge is 0.461 e. The summed E-state index contributed by atoms with van der Waals surface area (Å²) in [5.41, 5.74) is -0.431. The van der Waals surface area contributed by atoms with E-state index in [0.717, 1.165) is 0 Å². The number of esters is 1. The highest BCUT2D eigenvalue weighted by atomic mass is 16.5. The average molecular weight is 353 g/mol. The molecular weight excluding hydrogens is 338 g/mol. The lowest BCUT2D eigenvalue weighted by molar-refractivity contribution is 0.0515. The van der Waals surface area contributed by atoms with E-state index in [1.54, 1.807) is 49.5 Å². The fraction of sp³-hybridized carbons (Fsp3) is 0.118. The Hall–Kier alpha value is -3.75. The fourth-order valence-corrected chi connectivity index (χ4v) is 2.00. The van der Waals surface area contributed by atoms with Gasteiger partial charge in [-0.2, -0.15) is 0 Å². The molecule has 2 heterocycles. The van der Waals surface area contributed by atoms with Crippen LogP contribution in [0.3, 0.4) is 0 Å². The van der Waals surface area contributed by atoms with Crippen molar-refractivity contribution in [2.75, 3.05) is 11.9 Å². The molecule has 0 unspecified atom stereocenters. The maximum absolute atomic E-state index is 11.9. The van der Waals surface area contributed by atoms with E-state index >= 15 is 0 Å². The molecule has 0 aliphatic rings. The zero-order valence-corrected chi connectivity index (χ0v) is 13.8. The molecule has 3 rings (SSSR count). The third kappa shape index (κ3) is 4.20. The summed E-state index contributed by atoms with van der Waals surface area (Å²) in [6.07, 6.45) is 1.64. The second-order valence-electron chi connectivity index (χ2n) is 4.99. The molecule has 9 heteroatoms. The van der Waals surface area contributed by atoms with Gasteiger partial charge in [0.2, 0.25) is 17.5 Å². The Kier molecular flexibility index (Phi) is 5.18. The van der Waals surface area contributed by atoms with E-state index in [1.807, 2.05) is 6.07 Å². The summed E-state index contributed by atoms with van der Waals surface area (Å²) in [6, 6.07) is 12.3. The summed E-state index contributed by atoms with van der Waals surface area (Å²) in [6.45, 7) is 1.78. The molecule has 0 aliphatic carbocycles. The fourth-order valence-electron chi connectivity index (χ4n) is 2.00. The number of hydrogen-bond donors (Lipinski definition) is 2. The number of hydrogen-bond acceptors (Lipinski definition) is 8. The van der Waals surface area contributed by atoms with Crippen molar-refractivity contribution in [1.82, 2.24) is 20.2 Å². The zero-order valence-electron chi connectivity index (χ0n) is 13.8. The summed E-state index contributed by atoms with van der Waals surface area (Å²) >= 11 is 0. The Balaban J connectivity index is 1.68. The molecule has 0 saturated carbocycles. The van der Waals surface area contributed by atoms with Gasteiger partial charge in [-0.1, -0.05) is 6.07 Å². The van der Waals surface area contributed by atoms with Gasteiger partial charge in [-0.25, -0.2) is 9.78 Å². The summed E-state index contributed by atoms with van der Waals surface area (Å²) < 4.78 is 10.3. The number of aromatic nitrogens is 4. The highest BCUT2D eigenvalue weighted by Gasteiger charge is 2.15. The Morgan fingerprint density at radius 3 is 2.62 bits per heavy atom. The maximum atomic E-state index is 11.9. The first kappa shape index (κ1) is 17.1. The number of ether oxygens (including phenoxy) is 2. The third-order valence-corrected chi connectivity index (χ3v) is 3.14. The maximum Gasteiger partial charge on any atom is 0.364 e. The first-order valence-electron chi connectivity index (χ1n) is 7.76. The van der Waals surface area contributed by atoms with Crippen molar-refractivity contribution < 1.29 is 14.3 Å². The standard InChI is InChI=1S/C17H15N5O4/c1-2-25-16(24)14-15(23)20-17(22-21-14)19-11-6-8-12(9-7-11)26-13-5-3-4-10-18-13/h3-10H,2H2,1H3,(H2,19,20,22,23). The van der Waals surface area contributed by atoms with Gasteiger partial charge < -0.3 is 14.8 Å². The van der Waals surface area contributed by atoms with Crippen LogP contribution in [-0.2, 0) is 4.74 Å². The molecule has 0 fully saturated rings. The third-order valence-electron chi connectivity index (χ3n) is 3.14. The molecule has 0 atom stereocenters. The molecule has 9 nitrogen and oxygen atoms in total. The predicted octanol–water partition coefficient (Wildman–Crippen LogP) is 2.27. The number of anilines is 2. The summed E-state index contributed by atoms with van der Waals surface area (Å²) in [5, 5.41) is 10.3. The van der Waals surface area contributed by atoms with Crippen LogP contribution < -0.4 is 15.6 Å². The van der Waals surface area contributed by atoms with E-state index in [9.17, 15) is 9.59 Å². The van der Waals surface area contributed by atoms with Gasteiger partial charge in [0.25, 0.3) is 5.56 Å². The van der Waals surface area contributed by atoms with E-state index in [-0.39, 0.29) is 12.6 Å². The monoisotopic (exact) mass is 353 g/mol. The topological polar surface area (TPSA) is 119 Å². The van der Waals surface area contributed by atoms with Crippen LogP contribution in [0.2, 0.25) is 0 Å². The number of benzene rings is 1. The first-order valence-corrected chi connectivity index (χ1v) is 7.76. The van der Waals surface area contributed by atoms with Gasteiger partial charge >= 0.3 is 5.97 Å². The summed E-state index contributed by atoms with van der Waals surface area (Å²) in [5.74, 6) is 0.370. The van der Waals surface area contributed by atoms with Gasteiger partial charge in [0.15, 0.2) is 0 Å². The smallest absolute Gasteiger partial charge is 0.364 e. The Morgan fingerprint density at radius 2 is 1.96 bits per heavy atom. The van der Waals surface area contributed by atoms with Gasteiger partial charge in [-0.05, 0) is 37.3 Å². The highest BCUT2D eigenvalue weighted by Crippen LogP contribution is 2.21. The Morgan fingerprint density at radius 1 is 1.15 bits per heavy atom. The van der Waals surface area contributed by atoms with Crippen molar-refractivity contribution in [3.63, 3.8) is 0 Å². The lowest BCUT2D eigenvalue weighted by atomic mass is 10.3. The highest BCUT2D eigenvalue weighted by molar-refractivity contribution is 5.86. The molecule has 0 spiro atoms. The van der Waals surface area contributed by atoms with Crippen molar-refractivity contribution in [3.05, 3.63) is 64.7 Å². The zero-order chi connectivity index (χ0) is 18.4.